The maximum atomic E-state index is 10.9. The summed E-state index contributed by atoms with van der Waals surface area (Å²) in [4.78, 5) is 21.8. The van der Waals surface area contributed by atoms with Crippen LogP contribution in [-0.2, 0) is 14.3 Å². The van der Waals surface area contributed by atoms with Gasteiger partial charge < -0.3 is 40.0 Å². The van der Waals surface area contributed by atoms with Crippen molar-refractivity contribution in [2.24, 2.45) is 0 Å². The van der Waals surface area contributed by atoms with E-state index in [1.54, 1.807) is 0 Å². The van der Waals surface area contributed by atoms with Crippen molar-refractivity contribution < 1.29 is 39.5 Å². The first-order valence-corrected chi connectivity index (χ1v) is 6.74. The molecule has 1 aliphatic rings. The minimum absolute atomic E-state index is 0.198. The molecule has 0 unspecified atom stereocenters. The Balaban J connectivity index is 2.08. The molecule has 4 N–H and O–H groups in total. The quantitative estimate of drug-likeness (QED) is 0.478. The van der Waals surface area contributed by atoms with E-state index in [9.17, 15) is 30.0 Å². The van der Waals surface area contributed by atoms with E-state index >= 15 is 0 Å². The fourth-order valence-electron chi connectivity index (χ4n) is 2.09. The largest absolute Gasteiger partial charge is 0.547 e. The van der Waals surface area contributed by atoms with Gasteiger partial charge in [-0.05, 0) is 24.3 Å². The number of aliphatic carboxylic acids is 1. The van der Waals surface area contributed by atoms with Gasteiger partial charge in [0.25, 0.3) is 0 Å². The van der Waals surface area contributed by atoms with E-state index < -0.39 is 36.7 Å². The number of ether oxygens (including phenoxy) is 2. The van der Waals surface area contributed by atoms with Crippen molar-refractivity contribution >= 4 is 17.6 Å². The Labute approximate surface area is 131 Å². The van der Waals surface area contributed by atoms with Crippen molar-refractivity contribution in [1.29, 1.82) is 0 Å². The van der Waals surface area contributed by atoms with Crippen molar-refractivity contribution in [3.63, 3.8) is 0 Å². The molecule has 1 heterocycles. The maximum absolute atomic E-state index is 10.9. The Kier molecular flexibility index (Phi) is 5.16. The lowest BCUT2D eigenvalue weighted by Crippen LogP contribution is -2.63. The molecule has 0 aliphatic carbocycles. The molecule has 23 heavy (non-hydrogen) atoms. The molecule has 0 aromatic heterocycles. The van der Waals surface area contributed by atoms with Crippen LogP contribution in [0.1, 0.15) is 6.92 Å². The van der Waals surface area contributed by atoms with E-state index in [4.69, 9.17) is 9.47 Å². The molecule has 0 spiro atoms. The summed E-state index contributed by atoms with van der Waals surface area (Å²) in [5.41, 5.74) is 0.512. The number of aliphatic hydroxyl groups is 3. The Morgan fingerprint density at radius 3 is 2.26 bits per heavy atom. The molecule has 9 heteroatoms. The monoisotopic (exact) mass is 326 g/mol. The van der Waals surface area contributed by atoms with Crippen molar-refractivity contribution in [3.8, 4) is 5.75 Å². The summed E-state index contributed by atoms with van der Waals surface area (Å²) in [7, 11) is 0. The number of nitrogens with one attached hydrogen (secondary N) is 1. The molecular formula is C14H16NO8-. The highest BCUT2D eigenvalue weighted by atomic mass is 16.7. The van der Waals surface area contributed by atoms with Crippen LogP contribution in [0.25, 0.3) is 0 Å². The van der Waals surface area contributed by atoms with Crippen LogP contribution in [0.2, 0.25) is 0 Å². The molecule has 1 saturated heterocycles. The highest BCUT2D eigenvalue weighted by Gasteiger charge is 2.45. The molecule has 126 valence electrons. The summed E-state index contributed by atoms with van der Waals surface area (Å²) in [6, 6.07) is 5.94. The zero-order valence-electron chi connectivity index (χ0n) is 12.1. The number of rotatable bonds is 4. The minimum Gasteiger partial charge on any atom is -0.547 e. The molecular weight excluding hydrogens is 310 g/mol. The van der Waals surface area contributed by atoms with E-state index in [1.165, 1.54) is 31.2 Å². The predicted molar refractivity (Wildman–Crippen MR) is 73.1 cm³/mol. The van der Waals surface area contributed by atoms with Crippen molar-refractivity contribution in [3.05, 3.63) is 24.3 Å². The van der Waals surface area contributed by atoms with Gasteiger partial charge in [0.15, 0.2) is 0 Å². The van der Waals surface area contributed by atoms with Crippen LogP contribution in [0.15, 0.2) is 24.3 Å². The van der Waals surface area contributed by atoms with Crippen LogP contribution in [0.3, 0.4) is 0 Å². The van der Waals surface area contributed by atoms with Crippen LogP contribution >= 0.6 is 0 Å². The Hall–Kier alpha value is -2.20. The lowest BCUT2D eigenvalue weighted by atomic mass is 9.99. The number of carbonyl (C=O) groups is 2. The van der Waals surface area contributed by atoms with Gasteiger partial charge in [-0.15, -0.1) is 0 Å². The molecule has 9 nitrogen and oxygen atoms in total. The van der Waals surface area contributed by atoms with Gasteiger partial charge in [-0.1, -0.05) is 0 Å². The van der Waals surface area contributed by atoms with Crippen LogP contribution < -0.4 is 15.2 Å². The summed E-state index contributed by atoms with van der Waals surface area (Å²) < 4.78 is 10.2. The van der Waals surface area contributed by atoms with Crippen LogP contribution in [0.4, 0.5) is 5.69 Å². The third kappa shape index (κ3) is 3.96. The first kappa shape index (κ1) is 17.2. The van der Waals surface area contributed by atoms with Gasteiger partial charge in [0, 0.05) is 12.6 Å². The number of carboxylic acid groups (broad SMARTS) is 1. The molecule has 1 aromatic rings. The number of amides is 1. The first-order chi connectivity index (χ1) is 10.8. The summed E-state index contributed by atoms with van der Waals surface area (Å²) in [6.45, 7) is 1.35. The van der Waals surface area contributed by atoms with E-state index in [0.717, 1.165) is 0 Å². The van der Waals surface area contributed by atoms with Crippen LogP contribution in [0, 0.1) is 0 Å². The minimum atomic E-state index is -1.84. The summed E-state index contributed by atoms with van der Waals surface area (Å²) >= 11 is 0. The second kappa shape index (κ2) is 6.92. The fraction of sp³-hybridized carbons (Fsp3) is 0.429. The molecule has 1 aliphatic heterocycles. The number of carbonyl (C=O) groups excluding carboxylic acids is 2. The number of anilines is 1. The molecule has 0 saturated carbocycles. The standard InChI is InChI=1S/C14H17NO8/c1-6(16)15-7-2-4-8(5-3-7)22-14-11(19)9(17)10(18)12(23-14)13(20)21/h2-5,9-12,14,17-19H,1H3,(H,15,16)(H,20,21)/p-1/t9-,10+,11-,12-,14-/m1/s1. The summed E-state index contributed by atoms with van der Waals surface area (Å²) in [6.07, 6.45) is -8.61. The first-order valence-electron chi connectivity index (χ1n) is 6.74. The molecule has 0 bridgehead atoms. The second-order valence-corrected chi connectivity index (χ2v) is 5.04. The maximum Gasteiger partial charge on any atom is 0.229 e. The van der Waals surface area contributed by atoms with Gasteiger partial charge in [0.05, 0.1) is 5.97 Å². The summed E-state index contributed by atoms with van der Waals surface area (Å²) in [5.74, 6) is -1.79. The lowest BCUT2D eigenvalue weighted by Gasteiger charge is -2.40. The van der Waals surface area contributed by atoms with Gasteiger partial charge in [-0.25, -0.2) is 0 Å². The Bertz CT molecular complexity index is 575. The normalized spacial score (nSPS) is 30.5. The molecule has 1 aromatic carbocycles. The third-order valence-corrected chi connectivity index (χ3v) is 3.23. The van der Waals surface area contributed by atoms with E-state index in [0.29, 0.717) is 5.69 Å². The fourth-order valence-corrected chi connectivity index (χ4v) is 2.09. The second-order valence-electron chi connectivity index (χ2n) is 5.04. The topological polar surface area (TPSA) is 148 Å². The average Bonchev–Trinajstić information content (AvgIpc) is 2.48. The van der Waals surface area contributed by atoms with Crippen LogP contribution in [0.5, 0.6) is 5.75 Å². The molecule has 1 fully saturated rings. The van der Waals surface area contributed by atoms with Crippen molar-refractivity contribution in [2.45, 2.75) is 37.6 Å². The van der Waals surface area contributed by atoms with Crippen LogP contribution in [-0.4, -0.2) is 57.9 Å². The van der Waals surface area contributed by atoms with Gasteiger partial charge in [-0.2, -0.15) is 0 Å². The SMILES string of the molecule is CC(=O)Nc1ccc(O[C@@H]2O[C@@H](C(=O)[O-])[C@@H](O)[C@@H](O)[C@H]2O)cc1. The lowest BCUT2D eigenvalue weighted by molar-refractivity contribution is -0.342. The predicted octanol–water partition coefficient (Wildman–Crippen LogP) is -2.42. The smallest absolute Gasteiger partial charge is 0.229 e. The van der Waals surface area contributed by atoms with E-state index in [1.807, 2.05) is 0 Å². The van der Waals surface area contributed by atoms with Gasteiger partial charge in [0.1, 0.15) is 30.2 Å². The zero-order chi connectivity index (χ0) is 17.1. The Morgan fingerprint density at radius 2 is 1.74 bits per heavy atom. The third-order valence-electron chi connectivity index (χ3n) is 3.23. The molecule has 1 amide bonds. The van der Waals surface area contributed by atoms with E-state index in [-0.39, 0.29) is 11.7 Å². The Morgan fingerprint density at radius 1 is 1.13 bits per heavy atom. The number of benzene rings is 1. The molecule has 0 radical (unpaired) electrons. The van der Waals surface area contributed by atoms with Gasteiger partial charge in [0.2, 0.25) is 12.2 Å². The summed E-state index contributed by atoms with van der Waals surface area (Å²) in [5, 5.41) is 42.4. The van der Waals surface area contributed by atoms with Crippen molar-refractivity contribution in [2.75, 3.05) is 5.32 Å². The number of hydrogen-bond donors (Lipinski definition) is 4. The highest BCUT2D eigenvalue weighted by Crippen LogP contribution is 2.25. The average molecular weight is 326 g/mol. The number of aliphatic hydroxyl groups excluding tert-OH is 3. The van der Waals surface area contributed by atoms with Gasteiger partial charge >= 0.3 is 0 Å². The highest BCUT2D eigenvalue weighted by molar-refractivity contribution is 5.88. The van der Waals surface area contributed by atoms with Gasteiger partial charge in [-0.3, -0.25) is 4.79 Å². The zero-order valence-corrected chi connectivity index (χ0v) is 12.1. The number of carboxylic acids is 1. The molecule has 2 rings (SSSR count). The number of hydrogen-bond acceptors (Lipinski definition) is 8. The molecule has 5 atom stereocenters. The van der Waals surface area contributed by atoms with Crippen molar-refractivity contribution in [1.82, 2.24) is 0 Å². The van der Waals surface area contributed by atoms with E-state index in [2.05, 4.69) is 5.32 Å².